The van der Waals surface area contributed by atoms with Gasteiger partial charge in [-0.25, -0.2) is 0 Å². The van der Waals surface area contributed by atoms with Crippen LogP contribution in [-0.2, 0) is 14.3 Å². The number of aliphatic carboxylic acids is 1. The number of carboxylic acids is 1. The number of allylic oxidation sites excluding steroid dienone is 1. The van der Waals surface area contributed by atoms with E-state index in [0.29, 0.717) is 6.42 Å². The molecular formula is C36H68O4. The van der Waals surface area contributed by atoms with Gasteiger partial charge in [-0.2, -0.15) is 0 Å². The largest absolute Gasteiger partial charge is 0.481 e. The van der Waals surface area contributed by atoms with Gasteiger partial charge >= 0.3 is 11.9 Å². The highest BCUT2D eigenvalue weighted by Crippen LogP contribution is 2.16. The molecule has 4 nitrogen and oxygen atoms in total. The van der Waals surface area contributed by atoms with Crippen LogP contribution in [0.25, 0.3) is 0 Å². The molecule has 0 saturated heterocycles. The Hall–Kier alpha value is -1.32. The van der Waals surface area contributed by atoms with E-state index in [1.165, 1.54) is 122 Å². The van der Waals surface area contributed by atoms with E-state index >= 15 is 0 Å². The second-order valence-electron chi connectivity index (χ2n) is 12.1. The minimum atomic E-state index is -0.719. The van der Waals surface area contributed by atoms with E-state index in [1.54, 1.807) is 0 Å². The van der Waals surface area contributed by atoms with Crippen molar-refractivity contribution in [3.05, 3.63) is 12.2 Å². The minimum absolute atomic E-state index is 0.0604. The number of rotatable bonds is 32. The molecule has 4 heteroatoms. The molecule has 0 spiro atoms. The number of ether oxygens (including phenoxy) is 1. The summed E-state index contributed by atoms with van der Waals surface area (Å²) in [6.45, 7) is 4.52. The molecule has 0 aromatic rings. The van der Waals surface area contributed by atoms with Crippen LogP contribution in [0.15, 0.2) is 12.2 Å². The van der Waals surface area contributed by atoms with E-state index in [9.17, 15) is 9.59 Å². The third-order valence-corrected chi connectivity index (χ3v) is 7.97. The summed E-state index contributed by atoms with van der Waals surface area (Å²) in [5.41, 5.74) is 0. The highest BCUT2D eigenvalue weighted by Gasteiger charge is 2.11. The Morgan fingerprint density at radius 3 is 1.43 bits per heavy atom. The molecular weight excluding hydrogens is 496 g/mol. The number of unbranched alkanes of at least 4 members (excludes halogenated alkanes) is 23. The molecule has 0 aromatic carbocycles. The SMILES string of the molecule is CCCCCCCC/C=C\C(CCCCCCC(=O)O)OC(=O)CCCCCCCCCCCCCCCCC. The Kier molecular flexibility index (Phi) is 31.1. The molecule has 0 saturated carbocycles. The fraction of sp³-hybridized carbons (Fsp3) is 0.889. The van der Waals surface area contributed by atoms with Crippen molar-refractivity contribution in [2.45, 2.75) is 206 Å². The summed E-state index contributed by atoms with van der Waals surface area (Å²) in [5.74, 6) is -0.780. The van der Waals surface area contributed by atoms with Crippen molar-refractivity contribution < 1.29 is 19.4 Å². The van der Waals surface area contributed by atoms with Gasteiger partial charge in [-0.1, -0.05) is 155 Å². The zero-order valence-corrected chi connectivity index (χ0v) is 26.9. The lowest BCUT2D eigenvalue weighted by atomic mass is 10.0. The van der Waals surface area contributed by atoms with E-state index in [4.69, 9.17) is 9.84 Å². The van der Waals surface area contributed by atoms with E-state index in [1.807, 2.05) is 0 Å². The molecule has 1 unspecified atom stereocenters. The third kappa shape index (κ3) is 31.2. The highest BCUT2D eigenvalue weighted by molar-refractivity contribution is 5.69. The summed E-state index contributed by atoms with van der Waals surface area (Å²) >= 11 is 0. The monoisotopic (exact) mass is 565 g/mol. The predicted octanol–water partition coefficient (Wildman–Crippen LogP) is 11.9. The van der Waals surface area contributed by atoms with Crippen LogP contribution < -0.4 is 0 Å². The lowest BCUT2D eigenvalue weighted by Gasteiger charge is -2.15. The van der Waals surface area contributed by atoms with Gasteiger partial charge in [0.25, 0.3) is 0 Å². The Balaban J connectivity index is 3.95. The molecule has 0 radical (unpaired) electrons. The molecule has 0 fully saturated rings. The Morgan fingerprint density at radius 2 is 0.950 bits per heavy atom. The fourth-order valence-electron chi connectivity index (χ4n) is 5.33. The molecule has 0 aromatic heterocycles. The maximum absolute atomic E-state index is 12.5. The number of hydrogen-bond acceptors (Lipinski definition) is 3. The number of hydrogen-bond donors (Lipinski definition) is 1. The van der Waals surface area contributed by atoms with Gasteiger partial charge in [-0.15, -0.1) is 0 Å². The van der Waals surface area contributed by atoms with E-state index in [2.05, 4.69) is 26.0 Å². The van der Waals surface area contributed by atoms with Gasteiger partial charge in [0.1, 0.15) is 6.10 Å². The van der Waals surface area contributed by atoms with Gasteiger partial charge in [-0.3, -0.25) is 9.59 Å². The average Bonchev–Trinajstić information content (AvgIpc) is 2.93. The zero-order valence-electron chi connectivity index (χ0n) is 26.9. The van der Waals surface area contributed by atoms with Crippen molar-refractivity contribution in [2.75, 3.05) is 0 Å². The van der Waals surface area contributed by atoms with Crippen molar-refractivity contribution in [1.82, 2.24) is 0 Å². The first kappa shape index (κ1) is 38.7. The number of esters is 1. The van der Waals surface area contributed by atoms with E-state index < -0.39 is 5.97 Å². The van der Waals surface area contributed by atoms with E-state index in [0.717, 1.165) is 51.4 Å². The highest BCUT2D eigenvalue weighted by atomic mass is 16.5. The lowest BCUT2D eigenvalue weighted by Crippen LogP contribution is -2.16. The minimum Gasteiger partial charge on any atom is -0.481 e. The lowest BCUT2D eigenvalue weighted by molar-refractivity contribution is -0.147. The first-order chi connectivity index (χ1) is 19.6. The maximum Gasteiger partial charge on any atom is 0.306 e. The predicted molar refractivity (Wildman–Crippen MR) is 172 cm³/mol. The summed E-state index contributed by atoms with van der Waals surface area (Å²) in [4.78, 5) is 23.2. The molecule has 0 rings (SSSR count). The number of carboxylic acid groups (broad SMARTS) is 1. The van der Waals surface area contributed by atoms with Gasteiger partial charge in [0, 0.05) is 12.8 Å². The standard InChI is InChI=1S/C36H68O4/c1-3-5-7-9-11-13-14-15-16-17-18-19-21-23-29-33-36(39)40-34(31-27-24-25-28-32-35(37)38)30-26-22-20-12-10-8-6-4-2/h26,30,34H,3-25,27-29,31-33H2,1-2H3,(H,37,38)/b30-26-. The van der Waals surface area contributed by atoms with Crippen LogP contribution in [0.5, 0.6) is 0 Å². The molecule has 40 heavy (non-hydrogen) atoms. The van der Waals surface area contributed by atoms with Crippen molar-refractivity contribution in [3.8, 4) is 0 Å². The molecule has 0 aliphatic heterocycles. The second kappa shape index (κ2) is 32.2. The topological polar surface area (TPSA) is 63.6 Å². The smallest absolute Gasteiger partial charge is 0.306 e. The quantitative estimate of drug-likeness (QED) is 0.0501. The molecule has 0 amide bonds. The van der Waals surface area contributed by atoms with Gasteiger partial charge in [0.2, 0.25) is 0 Å². The molecule has 236 valence electrons. The number of carbonyl (C=O) groups excluding carboxylic acids is 1. The summed E-state index contributed by atoms with van der Waals surface area (Å²) in [5, 5.41) is 8.80. The molecule has 0 heterocycles. The van der Waals surface area contributed by atoms with Crippen LogP contribution in [0.2, 0.25) is 0 Å². The molecule has 0 aliphatic carbocycles. The third-order valence-electron chi connectivity index (χ3n) is 7.97. The van der Waals surface area contributed by atoms with Gasteiger partial charge < -0.3 is 9.84 Å². The zero-order chi connectivity index (χ0) is 29.4. The first-order valence-electron chi connectivity index (χ1n) is 17.7. The van der Waals surface area contributed by atoms with Crippen molar-refractivity contribution >= 4 is 11.9 Å². The van der Waals surface area contributed by atoms with Crippen molar-refractivity contribution in [3.63, 3.8) is 0 Å². The number of carbonyl (C=O) groups is 2. The molecule has 0 aliphatic rings. The fourth-order valence-corrected chi connectivity index (χ4v) is 5.33. The summed E-state index contributed by atoms with van der Waals surface area (Å²) < 4.78 is 5.85. The second-order valence-corrected chi connectivity index (χ2v) is 12.1. The van der Waals surface area contributed by atoms with Gasteiger partial charge in [0.05, 0.1) is 0 Å². The Labute approximate surface area is 249 Å². The van der Waals surface area contributed by atoms with Crippen LogP contribution in [-0.4, -0.2) is 23.1 Å². The summed E-state index contributed by atoms with van der Waals surface area (Å²) in [6.07, 6.45) is 38.1. The summed E-state index contributed by atoms with van der Waals surface area (Å²) in [7, 11) is 0. The van der Waals surface area contributed by atoms with Crippen LogP contribution >= 0.6 is 0 Å². The molecule has 1 atom stereocenters. The Bertz CT molecular complexity index is 571. The summed E-state index contributed by atoms with van der Waals surface area (Å²) in [6, 6.07) is 0. The normalized spacial score (nSPS) is 12.2. The van der Waals surface area contributed by atoms with Crippen LogP contribution in [0.1, 0.15) is 200 Å². The van der Waals surface area contributed by atoms with Crippen LogP contribution in [0.4, 0.5) is 0 Å². The average molecular weight is 565 g/mol. The van der Waals surface area contributed by atoms with E-state index in [-0.39, 0.29) is 18.5 Å². The Morgan fingerprint density at radius 1 is 0.550 bits per heavy atom. The van der Waals surface area contributed by atoms with Gasteiger partial charge in [0.15, 0.2) is 0 Å². The van der Waals surface area contributed by atoms with Gasteiger partial charge in [-0.05, 0) is 44.6 Å². The van der Waals surface area contributed by atoms with Crippen molar-refractivity contribution in [2.24, 2.45) is 0 Å². The van der Waals surface area contributed by atoms with Crippen molar-refractivity contribution in [1.29, 1.82) is 0 Å². The maximum atomic E-state index is 12.5. The molecule has 0 bridgehead atoms. The first-order valence-corrected chi connectivity index (χ1v) is 17.7. The molecule has 1 N–H and O–H groups in total. The van der Waals surface area contributed by atoms with Crippen LogP contribution in [0, 0.1) is 0 Å². The van der Waals surface area contributed by atoms with Crippen LogP contribution in [0.3, 0.4) is 0 Å².